The highest BCUT2D eigenvalue weighted by molar-refractivity contribution is 6.31. The van der Waals surface area contributed by atoms with E-state index in [1.807, 2.05) is 0 Å². The molecule has 1 aromatic heterocycles. The average molecular weight is 561 g/mol. The van der Waals surface area contributed by atoms with Gasteiger partial charge in [0.1, 0.15) is 11.6 Å². The maximum atomic E-state index is 14.1. The zero-order valence-electron chi connectivity index (χ0n) is 20.6. The summed E-state index contributed by atoms with van der Waals surface area (Å²) < 4.78 is 69.1. The van der Waals surface area contributed by atoms with Crippen LogP contribution in [0, 0.1) is 11.6 Å². The third-order valence-corrected chi connectivity index (χ3v) is 6.01. The molecule has 2 unspecified atom stereocenters. The van der Waals surface area contributed by atoms with Gasteiger partial charge in [-0.25, -0.2) is 13.8 Å². The van der Waals surface area contributed by atoms with Crippen molar-refractivity contribution in [1.82, 2.24) is 14.9 Å². The Morgan fingerprint density at radius 3 is 2.39 bits per heavy atom. The summed E-state index contributed by atoms with van der Waals surface area (Å²) in [5.41, 5.74) is -1.31. The molecule has 1 heterocycles. The number of imidazole rings is 1. The summed E-state index contributed by atoms with van der Waals surface area (Å²) in [7, 11) is 0. The molecule has 0 radical (unpaired) electrons. The first kappa shape index (κ1) is 29.3. The molecule has 38 heavy (non-hydrogen) atoms. The van der Waals surface area contributed by atoms with Crippen LogP contribution in [0.2, 0.25) is 5.02 Å². The highest BCUT2D eigenvalue weighted by Crippen LogP contribution is 2.37. The number of rotatable bonds is 9. The average Bonchev–Trinajstić information content (AvgIpc) is 3.16. The topological polar surface area (TPSA) is 99.4 Å². The van der Waals surface area contributed by atoms with Crippen LogP contribution >= 0.6 is 11.6 Å². The van der Waals surface area contributed by atoms with Crippen LogP contribution in [0.1, 0.15) is 65.9 Å². The first-order valence-corrected chi connectivity index (χ1v) is 11.9. The molecule has 3 rings (SSSR count). The minimum Gasteiger partial charge on any atom is -0.392 e. The molecule has 0 bridgehead atoms. The number of nitrogens with zero attached hydrogens (tertiary/aromatic N) is 2. The lowest BCUT2D eigenvalue weighted by molar-refractivity contribution is -0.137. The number of carbonyl (C=O) groups is 1. The lowest BCUT2D eigenvalue weighted by Gasteiger charge is -2.22. The van der Waals surface area contributed by atoms with Crippen molar-refractivity contribution in [1.29, 1.82) is 0 Å². The number of hydrogen-bond donors (Lipinski definition) is 4. The number of aromatic nitrogens is 2. The number of anilines is 1. The van der Waals surface area contributed by atoms with Crippen molar-refractivity contribution >= 4 is 23.3 Å². The molecular formula is C25H26ClF5N4O3. The van der Waals surface area contributed by atoms with Crippen LogP contribution in [-0.2, 0) is 12.7 Å². The number of amides is 1. The minimum atomic E-state index is -4.87. The Labute approximate surface area is 220 Å². The fourth-order valence-electron chi connectivity index (χ4n) is 4.01. The molecule has 0 aliphatic rings. The Hall–Kier alpha value is -3.22. The SMILES string of the molecule is CCNC(=O)c1nc(NC(O)c2cc(F)cc(C(F)(F)F)c2)c([C@@H](C)c2cc(F)ccc2Cl)n1CC(C)O. The van der Waals surface area contributed by atoms with E-state index in [1.165, 1.54) is 23.6 Å². The molecule has 206 valence electrons. The molecule has 13 heteroatoms. The van der Waals surface area contributed by atoms with Gasteiger partial charge in [0.2, 0.25) is 5.82 Å². The maximum absolute atomic E-state index is 14.1. The van der Waals surface area contributed by atoms with E-state index < -0.39 is 53.1 Å². The second kappa shape index (κ2) is 11.7. The van der Waals surface area contributed by atoms with E-state index in [-0.39, 0.29) is 41.0 Å². The molecular weight excluding hydrogens is 535 g/mol. The van der Waals surface area contributed by atoms with Gasteiger partial charge in [0.15, 0.2) is 12.0 Å². The van der Waals surface area contributed by atoms with Crippen molar-refractivity contribution in [3.05, 3.63) is 81.3 Å². The van der Waals surface area contributed by atoms with Crippen LogP contribution in [0.5, 0.6) is 0 Å². The summed E-state index contributed by atoms with van der Waals surface area (Å²) in [6.07, 6.45) is -7.74. The van der Waals surface area contributed by atoms with E-state index in [9.17, 15) is 37.0 Å². The summed E-state index contributed by atoms with van der Waals surface area (Å²) in [6, 6.07) is 5.23. The van der Waals surface area contributed by atoms with Crippen molar-refractivity contribution in [2.24, 2.45) is 0 Å². The summed E-state index contributed by atoms with van der Waals surface area (Å²) in [5, 5.41) is 26.2. The predicted molar refractivity (Wildman–Crippen MR) is 131 cm³/mol. The molecule has 2 aromatic carbocycles. The van der Waals surface area contributed by atoms with Gasteiger partial charge >= 0.3 is 6.18 Å². The highest BCUT2D eigenvalue weighted by atomic mass is 35.5. The first-order valence-electron chi connectivity index (χ1n) is 11.6. The van der Waals surface area contributed by atoms with Gasteiger partial charge in [0.05, 0.1) is 23.9 Å². The molecule has 0 saturated heterocycles. The number of hydrogen-bond acceptors (Lipinski definition) is 5. The second-order valence-corrected chi connectivity index (χ2v) is 9.10. The lowest BCUT2D eigenvalue weighted by Crippen LogP contribution is -2.28. The number of alkyl halides is 3. The first-order chi connectivity index (χ1) is 17.7. The lowest BCUT2D eigenvalue weighted by atomic mass is 9.96. The van der Waals surface area contributed by atoms with Gasteiger partial charge in [-0.1, -0.05) is 18.5 Å². The molecule has 0 saturated carbocycles. The zero-order valence-corrected chi connectivity index (χ0v) is 21.3. The standard InChI is InChI=1S/C25H26ClF5N4O3/c1-4-32-24(38)22-33-21(34-23(37)14-7-15(25(29,30)31)9-17(28)8-14)20(35(22)11-12(2)36)13(3)18-10-16(27)5-6-19(18)26/h5-10,12-13,23,34,36-37H,4,11H2,1-3H3,(H,32,38)/t12?,13-,23?/m0/s1. The van der Waals surface area contributed by atoms with Crippen LogP contribution in [0.3, 0.4) is 0 Å². The van der Waals surface area contributed by atoms with Gasteiger partial charge < -0.3 is 25.4 Å². The van der Waals surface area contributed by atoms with Crippen molar-refractivity contribution in [2.45, 2.75) is 51.7 Å². The van der Waals surface area contributed by atoms with Gasteiger partial charge in [-0.2, -0.15) is 13.2 Å². The minimum absolute atomic E-state index is 0.151. The normalized spacial score (nSPS) is 14.2. The van der Waals surface area contributed by atoms with Crippen LogP contribution in [-0.4, -0.2) is 38.3 Å². The Morgan fingerprint density at radius 1 is 1.11 bits per heavy atom. The molecule has 3 aromatic rings. The van der Waals surface area contributed by atoms with Crippen molar-refractivity contribution < 1.29 is 37.0 Å². The molecule has 7 nitrogen and oxygen atoms in total. The highest BCUT2D eigenvalue weighted by Gasteiger charge is 2.33. The van der Waals surface area contributed by atoms with E-state index in [0.717, 1.165) is 12.1 Å². The number of carbonyl (C=O) groups excluding carboxylic acids is 1. The van der Waals surface area contributed by atoms with Crippen LogP contribution in [0.15, 0.2) is 36.4 Å². The Balaban J connectivity index is 2.19. The van der Waals surface area contributed by atoms with Crippen LogP contribution in [0.25, 0.3) is 0 Å². The largest absolute Gasteiger partial charge is 0.416 e. The zero-order chi connectivity index (χ0) is 28.4. The number of nitrogens with one attached hydrogen (secondary N) is 2. The fourth-order valence-corrected chi connectivity index (χ4v) is 4.29. The van der Waals surface area contributed by atoms with Gasteiger partial charge in [-0.05, 0) is 55.8 Å². The number of aliphatic hydroxyl groups is 2. The summed E-state index contributed by atoms with van der Waals surface area (Å²) in [5.74, 6) is -3.61. The Kier molecular flexibility index (Phi) is 9.01. The molecule has 1 amide bonds. The Morgan fingerprint density at radius 2 is 1.79 bits per heavy atom. The maximum Gasteiger partial charge on any atom is 0.416 e. The molecule has 4 N–H and O–H groups in total. The van der Waals surface area contributed by atoms with Gasteiger partial charge in [0, 0.05) is 23.0 Å². The number of benzene rings is 2. The fraction of sp³-hybridized carbons (Fsp3) is 0.360. The van der Waals surface area contributed by atoms with Crippen molar-refractivity contribution in [2.75, 3.05) is 11.9 Å². The summed E-state index contributed by atoms with van der Waals surface area (Å²) in [4.78, 5) is 17.1. The van der Waals surface area contributed by atoms with E-state index in [4.69, 9.17) is 11.6 Å². The molecule has 0 aliphatic carbocycles. The van der Waals surface area contributed by atoms with Crippen molar-refractivity contribution in [3.8, 4) is 0 Å². The van der Waals surface area contributed by atoms with E-state index in [1.54, 1.807) is 13.8 Å². The third-order valence-electron chi connectivity index (χ3n) is 5.67. The van der Waals surface area contributed by atoms with Gasteiger partial charge in [0.25, 0.3) is 5.91 Å². The quantitative estimate of drug-likeness (QED) is 0.212. The van der Waals surface area contributed by atoms with Crippen LogP contribution in [0.4, 0.5) is 27.8 Å². The second-order valence-electron chi connectivity index (χ2n) is 8.69. The predicted octanol–water partition coefficient (Wildman–Crippen LogP) is 5.22. The van der Waals surface area contributed by atoms with E-state index in [0.29, 0.717) is 12.1 Å². The number of aliphatic hydroxyl groups excluding tert-OH is 2. The molecule has 0 spiro atoms. The van der Waals surface area contributed by atoms with E-state index in [2.05, 4.69) is 15.6 Å². The number of halogens is 6. The molecule has 0 fully saturated rings. The van der Waals surface area contributed by atoms with Crippen LogP contribution < -0.4 is 10.6 Å². The monoisotopic (exact) mass is 560 g/mol. The smallest absolute Gasteiger partial charge is 0.392 e. The van der Waals surface area contributed by atoms with Gasteiger partial charge in [-0.15, -0.1) is 0 Å². The summed E-state index contributed by atoms with van der Waals surface area (Å²) >= 11 is 6.31. The molecule has 0 aliphatic heterocycles. The van der Waals surface area contributed by atoms with E-state index >= 15 is 0 Å². The third kappa shape index (κ3) is 6.61. The van der Waals surface area contributed by atoms with Crippen molar-refractivity contribution in [3.63, 3.8) is 0 Å². The van der Waals surface area contributed by atoms with Gasteiger partial charge in [-0.3, -0.25) is 4.79 Å². The molecule has 3 atom stereocenters. The Bertz CT molecular complexity index is 1310. The summed E-state index contributed by atoms with van der Waals surface area (Å²) in [6.45, 7) is 4.82.